The van der Waals surface area contributed by atoms with E-state index in [0.29, 0.717) is 35.7 Å². The summed E-state index contributed by atoms with van der Waals surface area (Å²) >= 11 is 1.36. The summed E-state index contributed by atoms with van der Waals surface area (Å²) in [6.45, 7) is 6.54. The first-order chi connectivity index (χ1) is 19.0. The van der Waals surface area contributed by atoms with E-state index in [1.807, 2.05) is 20.8 Å². The van der Waals surface area contributed by atoms with E-state index in [0.717, 1.165) is 21.3 Å². The van der Waals surface area contributed by atoms with Crippen LogP contribution in [0.4, 0.5) is 10.1 Å². The number of aromatic amines is 1. The number of nitrogens with one attached hydrogen (secondary N) is 3. The highest BCUT2D eigenvalue weighted by Gasteiger charge is 2.37. The van der Waals surface area contributed by atoms with Gasteiger partial charge in [-0.1, -0.05) is 20.8 Å². The molecule has 3 N–H and O–H groups in total. The largest absolute Gasteiger partial charge is 0.495 e. The number of methoxy groups -OCH3 is 1. The van der Waals surface area contributed by atoms with Gasteiger partial charge < -0.3 is 20.3 Å². The Morgan fingerprint density at radius 3 is 2.67 bits per heavy atom. The van der Waals surface area contributed by atoms with E-state index in [2.05, 4.69) is 20.8 Å². The Hall–Kier alpha value is -4.25. The van der Waals surface area contributed by atoms with Gasteiger partial charge in [0.2, 0.25) is 5.91 Å². The molecule has 208 valence electrons. The Morgan fingerprint density at radius 1 is 1.12 bits per heavy atom. The molecule has 2 aromatic carbocycles. The lowest BCUT2D eigenvalue weighted by Gasteiger charge is -2.36. The molecule has 0 saturated carbocycles. The van der Waals surface area contributed by atoms with Gasteiger partial charge in [0.15, 0.2) is 0 Å². The Bertz CT molecular complexity index is 1610. The van der Waals surface area contributed by atoms with Crippen LogP contribution in [0, 0.1) is 11.2 Å². The van der Waals surface area contributed by atoms with Crippen LogP contribution >= 0.6 is 11.3 Å². The van der Waals surface area contributed by atoms with Crippen molar-refractivity contribution in [3.05, 3.63) is 75.4 Å². The van der Waals surface area contributed by atoms with Crippen LogP contribution in [-0.2, 0) is 17.8 Å². The molecule has 1 aliphatic heterocycles. The maximum absolute atomic E-state index is 13.7. The number of fused-ring (bicyclic) bond motifs is 2. The van der Waals surface area contributed by atoms with Crippen LogP contribution in [0.1, 0.15) is 51.2 Å². The van der Waals surface area contributed by atoms with Gasteiger partial charge in [0.1, 0.15) is 17.6 Å². The molecule has 2 aromatic heterocycles. The smallest absolute Gasteiger partial charge is 0.265 e. The van der Waals surface area contributed by atoms with Gasteiger partial charge in [0, 0.05) is 35.0 Å². The van der Waals surface area contributed by atoms with Crippen molar-refractivity contribution < 1.29 is 23.5 Å². The summed E-state index contributed by atoms with van der Waals surface area (Å²) in [5.74, 6) is -1.03. The zero-order valence-corrected chi connectivity index (χ0v) is 23.4. The van der Waals surface area contributed by atoms with Crippen molar-refractivity contribution >= 4 is 45.6 Å². The number of H-pyrrole nitrogens is 1. The highest BCUT2D eigenvalue weighted by Crippen LogP contribution is 2.32. The summed E-state index contributed by atoms with van der Waals surface area (Å²) in [5.41, 5.74) is 1.84. The monoisotopic (exact) mass is 563 g/mol. The molecule has 5 rings (SSSR count). The molecule has 0 fully saturated rings. The highest BCUT2D eigenvalue weighted by molar-refractivity contribution is 7.14. The fourth-order valence-corrected chi connectivity index (χ4v) is 5.78. The number of nitrogens with zero attached hydrogens (tertiary/aromatic N) is 2. The number of carbonyl (C=O) groups excluding carboxylic acids is 3. The van der Waals surface area contributed by atoms with Crippen molar-refractivity contribution in [1.82, 2.24) is 20.4 Å². The Morgan fingerprint density at radius 2 is 1.93 bits per heavy atom. The van der Waals surface area contributed by atoms with Gasteiger partial charge in [-0.3, -0.25) is 19.5 Å². The molecule has 4 aromatic rings. The van der Waals surface area contributed by atoms with Gasteiger partial charge in [-0.2, -0.15) is 5.10 Å². The molecule has 0 saturated heterocycles. The Kier molecular flexibility index (Phi) is 7.33. The zero-order valence-electron chi connectivity index (χ0n) is 22.6. The van der Waals surface area contributed by atoms with Crippen LogP contribution in [0.3, 0.4) is 0 Å². The van der Waals surface area contributed by atoms with Crippen LogP contribution in [0.2, 0.25) is 0 Å². The predicted octanol–water partition coefficient (Wildman–Crippen LogP) is 4.75. The first-order valence-electron chi connectivity index (χ1n) is 12.8. The number of hydrogen-bond acceptors (Lipinski definition) is 6. The summed E-state index contributed by atoms with van der Waals surface area (Å²) in [7, 11) is 1.45. The molecule has 3 amide bonds. The second kappa shape index (κ2) is 10.7. The second-order valence-corrected chi connectivity index (χ2v) is 11.9. The van der Waals surface area contributed by atoms with Gasteiger partial charge in [-0.05, 0) is 53.8 Å². The van der Waals surface area contributed by atoms with Crippen molar-refractivity contribution in [1.29, 1.82) is 0 Å². The van der Waals surface area contributed by atoms with E-state index < -0.39 is 17.3 Å². The van der Waals surface area contributed by atoms with E-state index in [9.17, 15) is 18.8 Å². The van der Waals surface area contributed by atoms with Crippen molar-refractivity contribution in [3.63, 3.8) is 0 Å². The number of carbonyl (C=O) groups is 3. The summed E-state index contributed by atoms with van der Waals surface area (Å²) in [4.78, 5) is 43.1. The number of thiophene rings is 1. The minimum absolute atomic E-state index is 0.183. The minimum Gasteiger partial charge on any atom is -0.495 e. The second-order valence-electron chi connectivity index (χ2n) is 10.8. The van der Waals surface area contributed by atoms with Gasteiger partial charge >= 0.3 is 0 Å². The highest BCUT2D eigenvalue weighted by atomic mass is 32.1. The molecule has 0 bridgehead atoms. The molecule has 1 aliphatic rings. The van der Waals surface area contributed by atoms with Crippen LogP contribution in [0.5, 0.6) is 5.75 Å². The number of halogens is 1. The number of ether oxygens (including phenoxy) is 1. The molecule has 0 radical (unpaired) electrons. The summed E-state index contributed by atoms with van der Waals surface area (Å²) in [6.07, 6.45) is 2.23. The lowest BCUT2D eigenvalue weighted by molar-refractivity contribution is -0.136. The maximum Gasteiger partial charge on any atom is 0.265 e. The predicted molar refractivity (Wildman–Crippen MR) is 151 cm³/mol. The lowest BCUT2D eigenvalue weighted by Crippen LogP contribution is -2.55. The fraction of sp³-hybridized carbons (Fsp3) is 0.310. The fourth-order valence-electron chi connectivity index (χ4n) is 4.72. The Labute approximate surface area is 234 Å². The molecule has 0 spiro atoms. The lowest BCUT2D eigenvalue weighted by atomic mass is 9.85. The third kappa shape index (κ3) is 5.55. The van der Waals surface area contributed by atoms with Gasteiger partial charge in [-0.25, -0.2) is 4.39 Å². The quantitative estimate of drug-likeness (QED) is 0.313. The summed E-state index contributed by atoms with van der Waals surface area (Å²) < 4.78 is 19.0. The number of anilines is 1. The van der Waals surface area contributed by atoms with E-state index >= 15 is 0 Å². The molecule has 9 nitrogen and oxygen atoms in total. The van der Waals surface area contributed by atoms with Crippen LogP contribution in [0.25, 0.3) is 10.9 Å². The van der Waals surface area contributed by atoms with Gasteiger partial charge in [-0.15, -0.1) is 11.3 Å². The first kappa shape index (κ1) is 27.3. The van der Waals surface area contributed by atoms with Gasteiger partial charge in [0.25, 0.3) is 11.8 Å². The third-order valence-electron chi connectivity index (χ3n) is 6.90. The standard InChI is InChI=1S/C29H30FN5O4S/c1-29(2,3)25(33-26(36)16-5-7-20-17(11-16)14-31-34-20)28(38)35-10-9-23-18(15-35)12-24(40-23)27(37)32-21-13-19(30)6-8-22(21)39-4/h5-8,11-14,25H,9-10,15H2,1-4H3,(H,31,34)(H,32,37)(H,33,36)/t25-/m0/s1. The normalized spacial score (nSPS) is 14.0. The average Bonchev–Trinajstić information content (AvgIpc) is 3.57. The Balaban J connectivity index is 1.30. The van der Waals surface area contributed by atoms with Crippen molar-refractivity contribution in [2.24, 2.45) is 5.41 Å². The molecule has 11 heteroatoms. The number of rotatable bonds is 6. The molecule has 3 heterocycles. The molecule has 0 unspecified atom stereocenters. The van der Waals surface area contributed by atoms with Crippen LogP contribution < -0.4 is 15.4 Å². The molecular formula is C29H30FN5O4S. The van der Waals surface area contributed by atoms with Crippen molar-refractivity contribution in [2.75, 3.05) is 19.0 Å². The SMILES string of the molecule is COc1ccc(F)cc1NC(=O)c1cc2c(s1)CCN(C(=O)[C@H](NC(=O)c1ccc3[nH]ncc3c1)C(C)(C)C)C2. The molecule has 40 heavy (non-hydrogen) atoms. The maximum atomic E-state index is 13.7. The number of hydrogen-bond donors (Lipinski definition) is 3. The molecule has 0 aliphatic carbocycles. The van der Waals surface area contributed by atoms with E-state index in [4.69, 9.17) is 4.74 Å². The molecular weight excluding hydrogens is 533 g/mol. The molecule has 1 atom stereocenters. The van der Waals surface area contributed by atoms with Gasteiger partial charge in [0.05, 0.1) is 29.4 Å². The van der Waals surface area contributed by atoms with E-state index in [1.165, 1.54) is 36.6 Å². The summed E-state index contributed by atoms with van der Waals surface area (Å²) in [6, 6.07) is 10.1. The number of amides is 3. The van der Waals surface area contributed by atoms with Crippen LogP contribution in [0.15, 0.2) is 48.7 Å². The zero-order chi connectivity index (χ0) is 28.6. The van der Waals surface area contributed by atoms with Crippen LogP contribution in [-0.4, -0.2) is 52.5 Å². The summed E-state index contributed by atoms with van der Waals surface area (Å²) in [5, 5.41) is 13.3. The number of benzene rings is 2. The van der Waals surface area contributed by atoms with E-state index in [-0.39, 0.29) is 23.4 Å². The van der Waals surface area contributed by atoms with Crippen molar-refractivity contribution in [2.45, 2.75) is 39.8 Å². The number of aromatic nitrogens is 2. The topological polar surface area (TPSA) is 116 Å². The first-order valence-corrected chi connectivity index (χ1v) is 13.6. The van der Waals surface area contributed by atoms with E-state index in [1.54, 1.807) is 35.4 Å². The minimum atomic E-state index is -0.761. The third-order valence-corrected chi connectivity index (χ3v) is 8.14. The average molecular weight is 564 g/mol. The van der Waals surface area contributed by atoms with Crippen molar-refractivity contribution in [3.8, 4) is 5.75 Å².